The van der Waals surface area contributed by atoms with Gasteiger partial charge in [0.15, 0.2) is 0 Å². The predicted molar refractivity (Wildman–Crippen MR) is 114 cm³/mol. The summed E-state index contributed by atoms with van der Waals surface area (Å²) in [4.78, 5) is 24.4. The van der Waals surface area contributed by atoms with Crippen molar-refractivity contribution >= 4 is 28.3 Å². The maximum atomic E-state index is 12.4. The summed E-state index contributed by atoms with van der Waals surface area (Å²) in [6.07, 6.45) is 8.69. The Bertz CT molecular complexity index is 1270. The molecule has 0 aliphatic carbocycles. The maximum absolute atomic E-state index is 12.4. The highest BCUT2D eigenvalue weighted by molar-refractivity contribution is 5.91. The maximum Gasteiger partial charge on any atom is 0.234 e. The second-order valence-electron chi connectivity index (χ2n) is 6.94. The SMILES string of the molecule is O=C(CCc1c[nH]c2ccccc12)Nc1ccc(-c2cn3cccnc3n2)cc1. The number of aryl methyl sites for hydroxylation is 1. The Balaban J connectivity index is 1.24. The van der Waals surface area contributed by atoms with Gasteiger partial charge in [-0.25, -0.2) is 9.97 Å². The third-order valence-corrected chi connectivity index (χ3v) is 5.00. The van der Waals surface area contributed by atoms with Gasteiger partial charge in [0.25, 0.3) is 0 Å². The minimum Gasteiger partial charge on any atom is -0.361 e. The molecular formula is C23H19N5O. The van der Waals surface area contributed by atoms with Gasteiger partial charge in [-0.1, -0.05) is 30.3 Å². The van der Waals surface area contributed by atoms with Crippen LogP contribution >= 0.6 is 0 Å². The molecule has 29 heavy (non-hydrogen) atoms. The summed E-state index contributed by atoms with van der Waals surface area (Å²) >= 11 is 0. The van der Waals surface area contributed by atoms with Crippen molar-refractivity contribution in [1.82, 2.24) is 19.4 Å². The predicted octanol–water partition coefficient (Wildman–Crippen LogP) is 4.45. The van der Waals surface area contributed by atoms with Gasteiger partial charge in [-0.3, -0.25) is 9.20 Å². The van der Waals surface area contributed by atoms with Crippen molar-refractivity contribution in [3.63, 3.8) is 0 Å². The zero-order valence-electron chi connectivity index (χ0n) is 15.7. The van der Waals surface area contributed by atoms with Crippen LogP contribution in [0.5, 0.6) is 0 Å². The van der Waals surface area contributed by atoms with Crippen LogP contribution in [-0.2, 0) is 11.2 Å². The molecular weight excluding hydrogens is 362 g/mol. The molecule has 3 aromatic heterocycles. The van der Waals surface area contributed by atoms with Gasteiger partial charge in [-0.15, -0.1) is 0 Å². The number of imidazole rings is 1. The van der Waals surface area contributed by atoms with Crippen molar-refractivity contribution in [3.05, 3.63) is 84.9 Å². The van der Waals surface area contributed by atoms with Crippen LogP contribution in [0, 0.1) is 0 Å². The molecule has 0 aliphatic heterocycles. The number of carbonyl (C=O) groups excluding carboxylic acids is 1. The molecule has 0 fully saturated rings. The van der Waals surface area contributed by atoms with Crippen molar-refractivity contribution < 1.29 is 4.79 Å². The van der Waals surface area contributed by atoms with E-state index in [2.05, 4.69) is 26.3 Å². The molecule has 2 N–H and O–H groups in total. The molecule has 5 rings (SSSR count). The van der Waals surface area contributed by atoms with Gasteiger partial charge in [0.2, 0.25) is 11.7 Å². The average molecular weight is 381 g/mol. The Morgan fingerprint density at radius 3 is 2.79 bits per heavy atom. The fraction of sp³-hybridized carbons (Fsp3) is 0.0870. The van der Waals surface area contributed by atoms with Crippen LogP contribution in [0.4, 0.5) is 5.69 Å². The molecule has 0 radical (unpaired) electrons. The average Bonchev–Trinajstić information content (AvgIpc) is 3.37. The molecule has 0 bridgehead atoms. The number of benzene rings is 2. The summed E-state index contributed by atoms with van der Waals surface area (Å²) in [6, 6.07) is 17.7. The van der Waals surface area contributed by atoms with Crippen LogP contribution in [0.25, 0.3) is 27.9 Å². The largest absolute Gasteiger partial charge is 0.361 e. The van der Waals surface area contributed by atoms with E-state index in [1.54, 1.807) is 6.20 Å². The summed E-state index contributed by atoms with van der Waals surface area (Å²) in [5.74, 6) is 0.664. The van der Waals surface area contributed by atoms with Gasteiger partial charge in [-0.2, -0.15) is 0 Å². The zero-order valence-corrected chi connectivity index (χ0v) is 15.7. The smallest absolute Gasteiger partial charge is 0.234 e. The number of nitrogens with zero attached hydrogens (tertiary/aromatic N) is 3. The van der Waals surface area contributed by atoms with Crippen LogP contribution in [0.15, 0.2) is 79.4 Å². The fourth-order valence-corrected chi connectivity index (χ4v) is 3.50. The van der Waals surface area contributed by atoms with Gasteiger partial charge in [0.1, 0.15) is 0 Å². The first-order valence-corrected chi connectivity index (χ1v) is 9.51. The van der Waals surface area contributed by atoms with E-state index in [9.17, 15) is 4.79 Å². The number of amides is 1. The number of aromatic nitrogens is 4. The fourth-order valence-electron chi connectivity index (χ4n) is 3.50. The number of carbonyl (C=O) groups is 1. The van der Waals surface area contributed by atoms with E-state index in [0.29, 0.717) is 18.6 Å². The molecule has 0 unspecified atom stereocenters. The van der Waals surface area contributed by atoms with E-state index in [1.165, 1.54) is 5.39 Å². The molecule has 2 aromatic carbocycles. The molecule has 142 valence electrons. The standard InChI is InChI=1S/C23H19N5O/c29-22(11-8-17-14-25-20-5-2-1-4-19(17)20)26-18-9-6-16(7-10-18)21-15-28-13-3-12-24-23(28)27-21/h1-7,9-10,12-15,25H,8,11H2,(H,26,29). The van der Waals surface area contributed by atoms with E-state index in [1.807, 2.05) is 71.5 Å². The summed E-state index contributed by atoms with van der Waals surface area (Å²) in [7, 11) is 0. The van der Waals surface area contributed by atoms with Crippen molar-refractivity contribution in [1.29, 1.82) is 0 Å². The number of para-hydroxylation sites is 1. The second-order valence-corrected chi connectivity index (χ2v) is 6.94. The molecule has 0 aliphatic rings. The lowest BCUT2D eigenvalue weighted by atomic mass is 10.1. The highest BCUT2D eigenvalue weighted by Gasteiger charge is 2.08. The number of anilines is 1. The molecule has 3 heterocycles. The number of aromatic amines is 1. The van der Waals surface area contributed by atoms with E-state index < -0.39 is 0 Å². The first kappa shape index (κ1) is 17.2. The Morgan fingerprint density at radius 2 is 1.93 bits per heavy atom. The topological polar surface area (TPSA) is 75.1 Å². The summed E-state index contributed by atoms with van der Waals surface area (Å²) < 4.78 is 1.88. The summed E-state index contributed by atoms with van der Waals surface area (Å²) in [5, 5.41) is 4.14. The summed E-state index contributed by atoms with van der Waals surface area (Å²) in [6.45, 7) is 0. The van der Waals surface area contributed by atoms with Gasteiger partial charge >= 0.3 is 0 Å². The highest BCUT2D eigenvalue weighted by atomic mass is 16.1. The highest BCUT2D eigenvalue weighted by Crippen LogP contribution is 2.22. The van der Waals surface area contributed by atoms with Crippen LogP contribution < -0.4 is 5.32 Å². The Hall–Kier alpha value is -3.93. The third kappa shape index (κ3) is 3.48. The lowest BCUT2D eigenvalue weighted by Crippen LogP contribution is -2.12. The number of hydrogen-bond donors (Lipinski definition) is 2. The van der Waals surface area contributed by atoms with Crippen LogP contribution in [-0.4, -0.2) is 25.3 Å². The Labute approximate surface area is 167 Å². The monoisotopic (exact) mass is 381 g/mol. The van der Waals surface area contributed by atoms with Gasteiger partial charge < -0.3 is 10.3 Å². The minimum atomic E-state index is -0.0000359. The molecule has 5 aromatic rings. The van der Waals surface area contributed by atoms with Crippen LogP contribution in [0.3, 0.4) is 0 Å². The quantitative estimate of drug-likeness (QED) is 0.472. The Morgan fingerprint density at radius 1 is 1.07 bits per heavy atom. The van der Waals surface area contributed by atoms with Crippen molar-refractivity contribution in [2.45, 2.75) is 12.8 Å². The first-order chi connectivity index (χ1) is 14.3. The first-order valence-electron chi connectivity index (χ1n) is 9.51. The lowest BCUT2D eigenvalue weighted by molar-refractivity contribution is -0.116. The lowest BCUT2D eigenvalue weighted by Gasteiger charge is -2.06. The number of H-pyrrole nitrogens is 1. The molecule has 0 saturated carbocycles. The normalized spacial score (nSPS) is 11.2. The van der Waals surface area contributed by atoms with Crippen LogP contribution in [0.1, 0.15) is 12.0 Å². The zero-order chi connectivity index (χ0) is 19.6. The third-order valence-electron chi connectivity index (χ3n) is 5.00. The molecule has 0 atom stereocenters. The number of nitrogens with one attached hydrogen (secondary N) is 2. The van der Waals surface area contributed by atoms with E-state index >= 15 is 0 Å². The number of hydrogen-bond acceptors (Lipinski definition) is 3. The van der Waals surface area contributed by atoms with Crippen molar-refractivity contribution in [2.24, 2.45) is 0 Å². The number of rotatable bonds is 5. The van der Waals surface area contributed by atoms with Crippen molar-refractivity contribution in [3.8, 4) is 11.3 Å². The van der Waals surface area contributed by atoms with Gasteiger partial charge in [-0.05, 0) is 36.2 Å². The molecule has 1 amide bonds. The van der Waals surface area contributed by atoms with Crippen molar-refractivity contribution in [2.75, 3.05) is 5.32 Å². The number of fused-ring (bicyclic) bond motifs is 2. The molecule has 6 nitrogen and oxygen atoms in total. The second kappa shape index (κ2) is 7.24. The van der Waals surface area contributed by atoms with E-state index in [4.69, 9.17) is 0 Å². The van der Waals surface area contributed by atoms with E-state index in [0.717, 1.165) is 28.0 Å². The van der Waals surface area contributed by atoms with Gasteiger partial charge in [0.05, 0.1) is 5.69 Å². The molecule has 0 saturated heterocycles. The van der Waals surface area contributed by atoms with Crippen LogP contribution in [0.2, 0.25) is 0 Å². The van der Waals surface area contributed by atoms with E-state index in [-0.39, 0.29) is 5.91 Å². The Kier molecular flexibility index (Phi) is 4.29. The minimum absolute atomic E-state index is 0.0000359. The summed E-state index contributed by atoms with van der Waals surface area (Å²) in [5.41, 5.74) is 4.86. The molecule has 6 heteroatoms. The molecule has 0 spiro atoms. The van der Waals surface area contributed by atoms with Gasteiger partial charge in [0, 0.05) is 53.4 Å².